The minimum atomic E-state index is 0.277. The summed E-state index contributed by atoms with van der Waals surface area (Å²) in [6.07, 6.45) is 2.51. The molecule has 0 aliphatic carbocycles. The molecule has 0 spiro atoms. The standard InChI is InChI=1S/C22H27ClN2O/c1-17-6-9-19(10-7-17)4-3-5-22(26)25-14-12-24(13-15-25)21-16-20(23)11-8-18(21)2/h6-11,16H,3-5,12-15H2,1-2H3. The van der Waals surface area contributed by atoms with Gasteiger partial charge in [-0.15, -0.1) is 0 Å². The van der Waals surface area contributed by atoms with Gasteiger partial charge in [0.2, 0.25) is 5.91 Å². The van der Waals surface area contributed by atoms with Crippen molar-refractivity contribution in [3.63, 3.8) is 0 Å². The molecule has 1 aliphatic rings. The Bertz CT molecular complexity index is 749. The van der Waals surface area contributed by atoms with Gasteiger partial charge in [-0.2, -0.15) is 0 Å². The van der Waals surface area contributed by atoms with Crippen LogP contribution in [0.3, 0.4) is 0 Å². The maximum Gasteiger partial charge on any atom is 0.222 e. The van der Waals surface area contributed by atoms with Gasteiger partial charge in [-0.3, -0.25) is 4.79 Å². The van der Waals surface area contributed by atoms with Crippen molar-refractivity contribution in [2.24, 2.45) is 0 Å². The van der Waals surface area contributed by atoms with Crippen LogP contribution in [0.2, 0.25) is 5.02 Å². The summed E-state index contributed by atoms with van der Waals surface area (Å²) >= 11 is 6.14. The summed E-state index contributed by atoms with van der Waals surface area (Å²) in [6.45, 7) is 7.51. The number of benzene rings is 2. The Labute approximate surface area is 161 Å². The minimum absolute atomic E-state index is 0.277. The van der Waals surface area contributed by atoms with Crippen molar-refractivity contribution in [2.45, 2.75) is 33.1 Å². The van der Waals surface area contributed by atoms with E-state index in [0.29, 0.717) is 6.42 Å². The highest BCUT2D eigenvalue weighted by Gasteiger charge is 2.21. The third kappa shape index (κ3) is 4.79. The van der Waals surface area contributed by atoms with Gasteiger partial charge in [-0.25, -0.2) is 0 Å². The number of piperazine rings is 1. The second kappa shape index (κ2) is 8.59. The number of nitrogens with zero attached hydrogens (tertiary/aromatic N) is 2. The fourth-order valence-corrected chi connectivity index (χ4v) is 3.64. The number of anilines is 1. The number of carbonyl (C=O) groups is 1. The molecule has 0 bridgehead atoms. The molecule has 2 aromatic carbocycles. The molecule has 0 atom stereocenters. The molecular formula is C22H27ClN2O. The van der Waals surface area contributed by atoms with E-state index < -0.39 is 0 Å². The van der Waals surface area contributed by atoms with Crippen LogP contribution in [0.4, 0.5) is 5.69 Å². The van der Waals surface area contributed by atoms with Crippen molar-refractivity contribution in [1.29, 1.82) is 0 Å². The van der Waals surface area contributed by atoms with Gasteiger partial charge in [0.1, 0.15) is 0 Å². The van der Waals surface area contributed by atoms with E-state index in [4.69, 9.17) is 11.6 Å². The maximum atomic E-state index is 12.5. The third-order valence-corrected chi connectivity index (χ3v) is 5.36. The van der Waals surface area contributed by atoms with E-state index in [1.54, 1.807) is 0 Å². The lowest BCUT2D eigenvalue weighted by molar-refractivity contribution is -0.131. The summed E-state index contributed by atoms with van der Waals surface area (Å²) in [6, 6.07) is 14.6. The highest BCUT2D eigenvalue weighted by atomic mass is 35.5. The maximum absolute atomic E-state index is 12.5. The molecule has 1 aliphatic heterocycles. The molecule has 2 aromatic rings. The summed E-state index contributed by atoms with van der Waals surface area (Å²) < 4.78 is 0. The largest absolute Gasteiger partial charge is 0.368 e. The Kier molecular flexibility index (Phi) is 6.20. The molecule has 1 saturated heterocycles. The Hall–Kier alpha value is -2.00. The average molecular weight is 371 g/mol. The van der Waals surface area contributed by atoms with Crippen LogP contribution in [-0.4, -0.2) is 37.0 Å². The third-order valence-electron chi connectivity index (χ3n) is 5.12. The molecule has 0 aromatic heterocycles. The Balaban J connectivity index is 1.46. The van der Waals surface area contributed by atoms with Gasteiger partial charge in [0.25, 0.3) is 0 Å². The lowest BCUT2D eigenvalue weighted by atomic mass is 10.1. The number of hydrogen-bond acceptors (Lipinski definition) is 2. The van der Waals surface area contributed by atoms with Gasteiger partial charge in [0.05, 0.1) is 0 Å². The summed E-state index contributed by atoms with van der Waals surface area (Å²) in [5.74, 6) is 0.277. The number of rotatable bonds is 5. The normalized spacial score (nSPS) is 14.6. The molecule has 3 rings (SSSR count). The van der Waals surface area contributed by atoms with Crippen LogP contribution >= 0.6 is 11.6 Å². The van der Waals surface area contributed by atoms with Crippen LogP contribution < -0.4 is 4.90 Å². The zero-order valence-electron chi connectivity index (χ0n) is 15.7. The molecular weight excluding hydrogens is 344 g/mol. The molecule has 1 amide bonds. The number of aryl methyl sites for hydroxylation is 3. The predicted octanol–water partition coefficient (Wildman–Crippen LogP) is 4.63. The monoisotopic (exact) mass is 370 g/mol. The summed E-state index contributed by atoms with van der Waals surface area (Å²) in [5.41, 5.74) is 5.00. The topological polar surface area (TPSA) is 23.6 Å². The van der Waals surface area contributed by atoms with Crippen molar-refractivity contribution in [2.75, 3.05) is 31.1 Å². The zero-order valence-corrected chi connectivity index (χ0v) is 16.4. The Morgan fingerprint density at radius 3 is 2.38 bits per heavy atom. The molecule has 3 nitrogen and oxygen atoms in total. The van der Waals surface area contributed by atoms with Crippen molar-refractivity contribution >= 4 is 23.2 Å². The molecule has 0 unspecified atom stereocenters. The van der Waals surface area contributed by atoms with Crippen molar-refractivity contribution in [3.8, 4) is 0 Å². The minimum Gasteiger partial charge on any atom is -0.368 e. The van der Waals surface area contributed by atoms with Gasteiger partial charge >= 0.3 is 0 Å². The first-order valence-electron chi connectivity index (χ1n) is 9.37. The van der Waals surface area contributed by atoms with E-state index in [1.165, 1.54) is 22.4 Å². The van der Waals surface area contributed by atoms with Gasteiger partial charge in [0, 0.05) is 43.3 Å². The van der Waals surface area contributed by atoms with E-state index in [2.05, 4.69) is 49.1 Å². The molecule has 26 heavy (non-hydrogen) atoms. The number of hydrogen-bond donors (Lipinski definition) is 0. The van der Waals surface area contributed by atoms with E-state index in [1.807, 2.05) is 17.0 Å². The van der Waals surface area contributed by atoms with Crippen LogP contribution in [0.1, 0.15) is 29.5 Å². The second-order valence-electron chi connectivity index (χ2n) is 7.14. The average Bonchev–Trinajstić information content (AvgIpc) is 2.65. The van der Waals surface area contributed by atoms with Gasteiger partial charge in [-0.05, 0) is 49.9 Å². The van der Waals surface area contributed by atoms with Gasteiger partial charge in [0.15, 0.2) is 0 Å². The smallest absolute Gasteiger partial charge is 0.222 e. The van der Waals surface area contributed by atoms with Crippen LogP contribution in [0.5, 0.6) is 0 Å². The summed E-state index contributed by atoms with van der Waals surface area (Å²) in [7, 11) is 0. The molecule has 138 valence electrons. The molecule has 0 saturated carbocycles. The van der Waals surface area contributed by atoms with E-state index >= 15 is 0 Å². The highest BCUT2D eigenvalue weighted by Crippen LogP contribution is 2.25. The number of carbonyl (C=O) groups excluding carboxylic acids is 1. The lowest BCUT2D eigenvalue weighted by Crippen LogP contribution is -2.49. The molecule has 4 heteroatoms. The van der Waals surface area contributed by atoms with E-state index in [-0.39, 0.29) is 5.91 Å². The van der Waals surface area contributed by atoms with Crippen LogP contribution in [0.15, 0.2) is 42.5 Å². The Morgan fingerprint density at radius 2 is 1.69 bits per heavy atom. The van der Waals surface area contributed by atoms with E-state index in [9.17, 15) is 4.79 Å². The molecule has 1 heterocycles. The fraction of sp³-hybridized carbons (Fsp3) is 0.409. The quantitative estimate of drug-likeness (QED) is 0.766. The second-order valence-corrected chi connectivity index (χ2v) is 7.57. The van der Waals surface area contributed by atoms with Gasteiger partial charge in [-0.1, -0.05) is 47.5 Å². The van der Waals surface area contributed by atoms with Crippen LogP contribution in [0.25, 0.3) is 0 Å². The number of amides is 1. The lowest BCUT2D eigenvalue weighted by Gasteiger charge is -2.37. The van der Waals surface area contributed by atoms with Gasteiger partial charge < -0.3 is 9.80 Å². The predicted molar refractivity (Wildman–Crippen MR) is 109 cm³/mol. The first kappa shape index (κ1) is 18.8. The molecule has 0 N–H and O–H groups in total. The van der Waals surface area contributed by atoms with Crippen molar-refractivity contribution < 1.29 is 4.79 Å². The SMILES string of the molecule is Cc1ccc(CCCC(=O)N2CCN(c3cc(Cl)ccc3C)CC2)cc1. The first-order valence-corrected chi connectivity index (χ1v) is 9.75. The highest BCUT2D eigenvalue weighted by molar-refractivity contribution is 6.30. The number of halogens is 1. The van der Waals surface area contributed by atoms with E-state index in [0.717, 1.165) is 44.0 Å². The zero-order chi connectivity index (χ0) is 18.5. The summed E-state index contributed by atoms with van der Waals surface area (Å²) in [4.78, 5) is 16.8. The molecule has 1 fully saturated rings. The van der Waals surface area contributed by atoms with Crippen LogP contribution in [-0.2, 0) is 11.2 Å². The van der Waals surface area contributed by atoms with Crippen LogP contribution in [0, 0.1) is 13.8 Å². The van der Waals surface area contributed by atoms with Crippen molar-refractivity contribution in [3.05, 3.63) is 64.2 Å². The Morgan fingerprint density at radius 1 is 1.00 bits per heavy atom. The summed E-state index contributed by atoms with van der Waals surface area (Å²) in [5, 5.41) is 0.764. The molecule has 0 radical (unpaired) electrons. The van der Waals surface area contributed by atoms with Crippen molar-refractivity contribution in [1.82, 2.24) is 4.90 Å². The first-order chi connectivity index (χ1) is 12.5. The fourth-order valence-electron chi connectivity index (χ4n) is 3.48.